The average Bonchev–Trinajstić information content (AvgIpc) is 3.67. The SMILES string of the molecule is O=C1CCC(N2Cc3cc(O[C@@H]4CN(Cc5ccccc5)CCC4NCC4CC4)ccc3C2=O)C(=O)N1. The number of piperidine rings is 2. The van der Waals surface area contributed by atoms with Gasteiger partial charge in [-0.2, -0.15) is 0 Å². The zero-order chi connectivity index (χ0) is 25.4. The van der Waals surface area contributed by atoms with E-state index in [-0.39, 0.29) is 36.3 Å². The molecule has 2 aromatic rings. The highest BCUT2D eigenvalue weighted by molar-refractivity contribution is 6.05. The van der Waals surface area contributed by atoms with E-state index >= 15 is 0 Å². The van der Waals surface area contributed by atoms with E-state index in [9.17, 15) is 14.4 Å². The van der Waals surface area contributed by atoms with Crippen LogP contribution in [0.2, 0.25) is 0 Å². The van der Waals surface area contributed by atoms with Crippen molar-refractivity contribution in [1.29, 1.82) is 0 Å². The Bertz CT molecular complexity index is 1180. The van der Waals surface area contributed by atoms with Crippen LogP contribution >= 0.6 is 0 Å². The second kappa shape index (κ2) is 10.3. The molecule has 37 heavy (non-hydrogen) atoms. The topological polar surface area (TPSA) is 91.0 Å². The molecule has 8 nitrogen and oxygen atoms in total. The summed E-state index contributed by atoms with van der Waals surface area (Å²) in [4.78, 5) is 41.0. The monoisotopic (exact) mass is 502 g/mol. The molecule has 2 N–H and O–H groups in total. The van der Waals surface area contributed by atoms with E-state index in [1.165, 1.54) is 18.4 Å². The minimum atomic E-state index is -0.608. The lowest BCUT2D eigenvalue weighted by Gasteiger charge is -2.39. The molecule has 0 aromatic heterocycles. The number of carbonyl (C=O) groups excluding carboxylic acids is 3. The van der Waals surface area contributed by atoms with E-state index < -0.39 is 6.04 Å². The molecule has 0 spiro atoms. The summed E-state index contributed by atoms with van der Waals surface area (Å²) in [6.07, 6.45) is 4.26. The maximum atomic E-state index is 13.1. The van der Waals surface area contributed by atoms with Crippen LogP contribution in [0, 0.1) is 5.92 Å². The zero-order valence-corrected chi connectivity index (χ0v) is 21.0. The minimum Gasteiger partial charge on any atom is -0.487 e. The number of nitrogens with one attached hydrogen (secondary N) is 2. The molecule has 1 aliphatic carbocycles. The van der Waals surface area contributed by atoms with Crippen molar-refractivity contribution in [3.8, 4) is 5.75 Å². The summed E-state index contributed by atoms with van der Waals surface area (Å²) in [5, 5.41) is 6.13. The van der Waals surface area contributed by atoms with Crippen molar-refractivity contribution in [2.24, 2.45) is 5.92 Å². The molecule has 6 rings (SSSR count). The number of nitrogens with zero attached hydrogens (tertiary/aromatic N) is 2. The normalized spacial score (nSPS) is 26.2. The molecule has 3 aliphatic heterocycles. The molecule has 4 aliphatic rings. The summed E-state index contributed by atoms with van der Waals surface area (Å²) in [5.41, 5.74) is 2.77. The van der Waals surface area contributed by atoms with Gasteiger partial charge in [0, 0.05) is 44.2 Å². The van der Waals surface area contributed by atoms with Gasteiger partial charge in [-0.3, -0.25) is 24.6 Å². The van der Waals surface area contributed by atoms with Gasteiger partial charge in [0.15, 0.2) is 0 Å². The Hall–Kier alpha value is -3.23. The third-order valence-corrected chi connectivity index (χ3v) is 8.04. The van der Waals surface area contributed by atoms with Gasteiger partial charge in [-0.1, -0.05) is 30.3 Å². The third-order valence-electron chi connectivity index (χ3n) is 8.04. The predicted molar refractivity (Wildman–Crippen MR) is 138 cm³/mol. The average molecular weight is 503 g/mol. The zero-order valence-electron chi connectivity index (χ0n) is 21.0. The molecule has 8 heteroatoms. The first-order chi connectivity index (χ1) is 18.0. The molecule has 2 aromatic carbocycles. The molecule has 2 saturated heterocycles. The maximum absolute atomic E-state index is 13.1. The fourth-order valence-corrected chi connectivity index (χ4v) is 5.76. The first-order valence-electron chi connectivity index (χ1n) is 13.5. The molecule has 3 amide bonds. The van der Waals surface area contributed by atoms with Crippen LogP contribution in [-0.4, -0.2) is 65.3 Å². The highest BCUT2D eigenvalue weighted by Gasteiger charge is 2.39. The fourth-order valence-electron chi connectivity index (χ4n) is 5.76. The molecule has 2 unspecified atom stereocenters. The smallest absolute Gasteiger partial charge is 0.255 e. The number of amides is 3. The Balaban J connectivity index is 1.15. The molecular formula is C29H34N4O4. The van der Waals surface area contributed by atoms with Gasteiger partial charge in [0.1, 0.15) is 17.9 Å². The van der Waals surface area contributed by atoms with E-state index in [0.29, 0.717) is 18.5 Å². The second-order valence-electron chi connectivity index (χ2n) is 10.8. The van der Waals surface area contributed by atoms with Crippen molar-refractivity contribution >= 4 is 17.7 Å². The predicted octanol–water partition coefficient (Wildman–Crippen LogP) is 2.47. The Kier molecular flexibility index (Phi) is 6.69. The van der Waals surface area contributed by atoms with E-state index in [2.05, 4.69) is 39.8 Å². The van der Waals surface area contributed by atoms with Gasteiger partial charge in [-0.15, -0.1) is 0 Å². The lowest BCUT2D eigenvalue weighted by Crippen LogP contribution is -2.55. The van der Waals surface area contributed by atoms with Gasteiger partial charge >= 0.3 is 0 Å². The lowest BCUT2D eigenvalue weighted by molar-refractivity contribution is -0.136. The summed E-state index contributed by atoms with van der Waals surface area (Å²) in [6, 6.07) is 15.9. The molecule has 3 heterocycles. The summed E-state index contributed by atoms with van der Waals surface area (Å²) >= 11 is 0. The van der Waals surface area contributed by atoms with Crippen LogP contribution in [0.25, 0.3) is 0 Å². The van der Waals surface area contributed by atoms with Crippen LogP contribution in [0.3, 0.4) is 0 Å². The van der Waals surface area contributed by atoms with Crippen molar-refractivity contribution in [3.63, 3.8) is 0 Å². The van der Waals surface area contributed by atoms with Crippen LogP contribution in [0.5, 0.6) is 5.75 Å². The lowest BCUT2D eigenvalue weighted by atomic mass is 10.00. The maximum Gasteiger partial charge on any atom is 0.255 e. The van der Waals surface area contributed by atoms with Crippen LogP contribution in [0.15, 0.2) is 48.5 Å². The van der Waals surface area contributed by atoms with E-state index in [0.717, 1.165) is 49.8 Å². The van der Waals surface area contributed by atoms with Crippen molar-refractivity contribution in [2.45, 2.75) is 63.4 Å². The van der Waals surface area contributed by atoms with Crippen LogP contribution in [0.1, 0.15) is 53.6 Å². The van der Waals surface area contributed by atoms with Crippen molar-refractivity contribution in [2.75, 3.05) is 19.6 Å². The number of rotatable bonds is 8. The van der Waals surface area contributed by atoms with Crippen LogP contribution in [0.4, 0.5) is 0 Å². The Labute approximate surface area is 217 Å². The highest BCUT2D eigenvalue weighted by Crippen LogP contribution is 2.32. The Morgan fingerprint density at radius 2 is 1.84 bits per heavy atom. The highest BCUT2D eigenvalue weighted by atomic mass is 16.5. The van der Waals surface area contributed by atoms with Gasteiger partial charge in [-0.05, 0) is 67.5 Å². The van der Waals surface area contributed by atoms with Gasteiger partial charge in [0.05, 0.1) is 0 Å². The molecule has 0 radical (unpaired) electrons. The molecule has 3 atom stereocenters. The molecule has 194 valence electrons. The van der Waals surface area contributed by atoms with E-state index in [1.54, 1.807) is 4.90 Å². The van der Waals surface area contributed by atoms with Crippen molar-refractivity contribution < 1.29 is 19.1 Å². The van der Waals surface area contributed by atoms with Gasteiger partial charge in [0.2, 0.25) is 11.8 Å². The van der Waals surface area contributed by atoms with E-state index in [1.807, 2.05) is 24.3 Å². The third kappa shape index (κ3) is 5.40. The number of ether oxygens (including phenoxy) is 1. The first kappa shape index (κ1) is 24.1. The summed E-state index contributed by atoms with van der Waals surface area (Å²) in [6.45, 7) is 4.15. The number of imide groups is 1. The second-order valence-corrected chi connectivity index (χ2v) is 10.8. The van der Waals surface area contributed by atoms with Crippen LogP contribution in [-0.2, 0) is 22.7 Å². The quantitative estimate of drug-likeness (QED) is 0.539. The van der Waals surface area contributed by atoms with E-state index in [4.69, 9.17) is 4.74 Å². The van der Waals surface area contributed by atoms with Crippen molar-refractivity contribution in [1.82, 2.24) is 20.4 Å². The molecule has 3 fully saturated rings. The summed E-state index contributed by atoms with van der Waals surface area (Å²) < 4.78 is 6.61. The number of hydrogen-bond donors (Lipinski definition) is 2. The Morgan fingerprint density at radius 3 is 2.62 bits per heavy atom. The Morgan fingerprint density at radius 1 is 1.00 bits per heavy atom. The van der Waals surface area contributed by atoms with Gasteiger partial charge in [-0.25, -0.2) is 0 Å². The largest absolute Gasteiger partial charge is 0.487 e. The minimum absolute atomic E-state index is 0.00222. The van der Waals surface area contributed by atoms with Crippen LogP contribution < -0.4 is 15.4 Å². The number of carbonyl (C=O) groups is 3. The standard InChI is InChI=1S/C29H34N4O4/c34-27-11-10-25(28(35)31-27)33-17-21-14-22(8-9-23(21)29(33)36)37-26-18-32(16-20-4-2-1-3-5-20)13-12-24(26)30-15-19-6-7-19/h1-5,8-9,14,19,24-26,30H,6-7,10-13,15-18H2,(H,31,34,35)/t24?,25?,26-/m1/s1. The van der Waals surface area contributed by atoms with Gasteiger partial charge in [0.25, 0.3) is 5.91 Å². The fraction of sp³-hybridized carbons (Fsp3) is 0.483. The summed E-state index contributed by atoms with van der Waals surface area (Å²) in [5.74, 6) is 0.722. The number of hydrogen-bond acceptors (Lipinski definition) is 6. The summed E-state index contributed by atoms with van der Waals surface area (Å²) in [7, 11) is 0. The number of likely N-dealkylation sites (tertiary alicyclic amines) is 1. The van der Waals surface area contributed by atoms with Gasteiger partial charge < -0.3 is 15.0 Å². The number of benzene rings is 2. The molecule has 0 bridgehead atoms. The first-order valence-corrected chi connectivity index (χ1v) is 13.5. The molecular weight excluding hydrogens is 468 g/mol. The van der Waals surface area contributed by atoms with Crippen molar-refractivity contribution in [3.05, 3.63) is 65.2 Å². The molecule has 1 saturated carbocycles. The number of fused-ring (bicyclic) bond motifs is 1.